The van der Waals surface area contributed by atoms with Crippen LogP contribution in [0.4, 0.5) is 10.1 Å². The average Bonchev–Trinajstić information content (AvgIpc) is 3.29. The number of hydrogen-bond donors (Lipinski definition) is 2. The van der Waals surface area contributed by atoms with Crippen molar-refractivity contribution >= 4 is 28.4 Å². The summed E-state index contributed by atoms with van der Waals surface area (Å²) in [6, 6.07) is 1.20. The van der Waals surface area contributed by atoms with E-state index in [1.807, 2.05) is 4.90 Å². The van der Waals surface area contributed by atoms with E-state index in [-0.39, 0.29) is 17.5 Å². The van der Waals surface area contributed by atoms with E-state index in [1.165, 1.54) is 6.07 Å². The number of piperidine rings is 1. The van der Waals surface area contributed by atoms with Crippen LogP contribution in [0.2, 0.25) is 0 Å². The smallest absolute Gasteiger partial charge is 0.298 e. The van der Waals surface area contributed by atoms with Gasteiger partial charge in [-0.1, -0.05) is 5.92 Å². The molecule has 2 heterocycles. The summed E-state index contributed by atoms with van der Waals surface area (Å²) in [5.74, 6) is 3.91. The number of hydrogen-bond acceptors (Lipinski definition) is 3. The van der Waals surface area contributed by atoms with Gasteiger partial charge in [-0.15, -0.1) is 0 Å². The summed E-state index contributed by atoms with van der Waals surface area (Å²) in [5, 5.41) is 0.772. The standard InChI is InChI=1S/C22H25FN4O2/c1-3-6-18(28)26(2)13-7-5-10-27(12-13)21-16(23)11-15(22(24)29)20-19(21)14-8-4-9-17(14)25-20/h11,13,25H,4-5,7-10,12H2,1-2H3,(H2,24,29)/t13-/m0/s1. The highest BCUT2D eigenvalue weighted by Gasteiger charge is 2.31. The summed E-state index contributed by atoms with van der Waals surface area (Å²) in [5.41, 5.74) is 9.00. The molecule has 4 rings (SSSR count). The lowest BCUT2D eigenvalue weighted by Crippen LogP contribution is -2.48. The Morgan fingerprint density at radius 3 is 2.86 bits per heavy atom. The first-order valence-electron chi connectivity index (χ1n) is 10.0. The van der Waals surface area contributed by atoms with Crippen LogP contribution in [0.3, 0.4) is 0 Å². The molecule has 7 heteroatoms. The van der Waals surface area contributed by atoms with Crippen molar-refractivity contribution in [3.05, 3.63) is 28.7 Å². The Morgan fingerprint density at radius 1 is 1.34 bits per heavy atom. The molecule has 0 unspecified atom stereocenters. The lowest BCUT2D eigenvalue weighted by molar-refractivity contribution is -0.126. The largest absolute Gasteiger partial charge is 0.367 e. The number of H-pyrrole nitrogens is 1. The van der Waals surface area contributed by atoms with Gasteiger partial charge in [-0.2, -0.15) is 0 Å². The van der Waals surface area contributed by atoms with Crippen LogP contribution in [-0.4, -0.2) is 47.9 Å². The number of nitrogens with zero attached hydrogens (tertiary/aromatic N) is 2. The number of nitrogens with two attached hydrogens (primary N) is 1. The number of carbonyl (C=O) groups is 2. The zero-order valence-electron chi connectivity index (χ0n) is 16.8. The van der Waals surface area contributed by atoms with E-state index in [1.54, 1.807) is 18.9 Å². The zero-order chi connectivity index (χ0) is 20.7. The van der Waals surface area contributed by atoms with E-state index >= 15 is 4.39 Å². The summed E-state index contributed by atoms with van der Waals surface area (Å²) in [7, 11) is 1.75. The van der Waals surface area contributed by atoms with Crippen molar-refractivity contribution in [2.24, 2.45) is 5.73 Å². The van der Waals surface area contributed by atoms with E-state index in [9.17, 15) is 9.59 Å². The van der Waals surface area contributed by atoms with E-state index in [0.29, 0.717) is 24.3 Å². The highest BCUT2D eigenvalue weighted by Crippen LogP contribution is 2.40. The van der Waals surface area contributed by atoms with Crippen LogP contribution in [0, 0.1) is 17.7 Å². The molecule has 1 aliphatic heterocycles. The predicted octanol–water partition coefficient (Wildman–Crippen LogP) is 2.35. The Bertz CT molecular complexity index is 1060. The van der Waals surface area contributed by atoms with Gasteiger partial charge in [0.05, 0.1) is 16.8 Å². The number of benzene rings is 1. The van der Waals surface area contributed by atoms with Crippen molar-refractivity contribution in [2.45, 2.75) is 45.1 Å². The molecule has 1 aromatic heterocycles. The molecule has 3 N–H and O–H groups in total. The van der Waals surface area contributed by atoms with Crippen molar-refractivity contribution in [3.63, 3.8) is 0 Å². The number of primary amides is 1. The molecule has 1 aromatic carbocycles. The molecule has 152 valence electrons. The van der Waals surface area contributed by atoms with Gasteiger partial charge in [0.1, 0.15) is 5.82 Å². The summed E-state index contributed by atoms with van der Waals surface area (Å²) in [4.78, 5) is 31.1. The van der Waals surface area contributed by atoms with Gasteiger partial charge in [0.2, 0.25) is 0 Å². The number of carbonyl (C=O) groups excluding carboxylic acids is 2. The van der Waals surface area contributed by atoms with Crippen LogP contribution in [0.1, 0.15) is 47.8 Å². The number of nitrogens with one attached hydrogen (secondary N) is 1. The molecule has 0 spiro atoms. The van der Waals surface area contributed by atoms with Gasteiger partial charge < -0.3 is 20.5 Å². The molecule has 1 aliphatic carbocycles. The van der Waals surface area contributed by atoms with Gasteiger partial charge in [-0.05, 0) is 56.6 Å². The maximum absolute atomic E-state index is 15.3. The molecule has 2 amide bonds. The Balaban J connectivity index is 1.78. The molecule has 29 heavy (non-hydrogen) atoms. The lowest BCUT2D eigenvalue weighted by atomic mass is 9.99. The van der Waals surface area contributed by atoms with E-state index in [4.69, 9.17) is 5.73 Å². The minimum atomic E-state index is -0.639. The maximum atomic E-state index is 15.3. The summed E-state index contributed by atoms with van der Waals surface area (Å²) >= 11 is 0. The predicted molar refractivity (Wildman–Crippen MR) is 110 cm³/mol. The normalized spacial score (nSPS) is 18.3. The number of fused-ring (bicyclic) bond motifs is 3. The second kappa shape index (κ2) is 7.43. The number of halogens is 1. The van der Waals surface area contributed by atoms with Gasteiger partial charge in [0, 0.05) is 37.3 Å². The number of aromatic nitrogens is 1. The monoisotopic (exact) mass is 396 g/mol. The molecule has 0 radical (unpaired) electrons. The van der Waals surface area contributed by atoms with Gasteiger partial charge in [-0.3, -0.25) is 9.59 Å². The molecule has 6 nitrogen and oxygen atoms in total. The van der Waals surface area contributed by atoms with Crippen LogP contribution in [0.5, 0.6) is 0 Å². The van der Waals surface area contributed by atoms with Crippen LogP contribution in [0.15, 0.2) is 6.07 Å². The molecule has 1 fully saturated rings. The average molecular weight is 396 g/mol. The van der Waals surface area contributed by atoms with Crippen molar-refractivity contribution < 1.29 is 14.0 Å². The van der Waals surface area contributed by atoms with Crippen LogP contribution < -0.4 is 10.6 Å². The first kappa shape index (κ1) is 19.3. The molecule has 1 atom stereocenters. The van der Waals surface area contributed by atoms with Crippen molar-refractivity contribution in [1.82, 2.24) is 9.88 Å². The maximum Gasteiger partial charge on any atom is 0.298 e. The number of aromatic amines is 1. The molecule has 0 saturated carbocycles. The fourth-order valence-corrected chi connectivity index (χ4v) is 4.71. The summed E-state index contributed by atoms with van der Waals surface area (Å²) in [6.45, 7) is 2.85. The fraction of sp³-hybridized carbons (Fsp3) is 0.455. The number of aryl methyl sites for hydroxylation is 2. The third-order valence-electron chi connectivity index (χ3n) is 6.13. The lowest BCUT2D eigenvalue weighted by Gasteiger charge is -2.38. The van der Waals surface area contributed by atoms with Gasteiger partial charge in [0.25, 0.3) is 11.8 Å². The van der Waals surface area contributed by atoms with Gasteiger partial charge in [0.15, 0.2) is 0 Å². The van der Waals surface area contributed by atoms with Crippen molar-refractivity contribution in [2.75, 3.05) is 25.0 Å². The van der Waals surface area contributed by atoms with Crippen LogP contribution in [-0.2, 0) is 17.6 Å². The summed E-state index contributed by atoms with van der Waals surface area (Å²) < 4.78 is 15.3. The number of amides is 2. The third-order valence-corrected chi connectivity index (χ3v) is 6.13. The summed E-state index contributed by atoms with van der Waals surface area (Å²) in [6.07, 6.45) is 4.44. The molecular formula is C22H25FN4O2. The second-order valence-electron chi connectivity index (χ2n) is 7.84. The molecular weight excluding hydrogens is 371 g/mol. The zero-order valence-corrected chi connectivity index (χ0v) is 16.8. The van der Waals surface area contributed by atoms with E-state index < -0.39 is 11.7 Å². The number of rotatable bonds is 3. The third kappa shape index (κ3) is 3.23. The molecule has 2 aromatic rings. The number of likely N-dealkylation sites (N-methyl/N-ethyl adjacent to an activating group) is 1. The SMILES string of the molecule is CC#CC(=O)N(C)[C@H]1CCCN(c2c(F)cc(C(N)=O)c3[nH]c4c(c23)CCC4)C1. The van der Waals surface area contributed by atoms with Crippen LogP contribution >= 0.6 is 0 Å². The topological polar surface area (TPSA) is 82.4 Å². The van der Waals surface area contributed by atoms with Gasteiger partial charge >= 0.3 is 0 Å². The molecule has 1 saturated heterocycles. The fourth-order valence-electron chi connectivity index (χ4n) is 4.71. The van der Waals surface area contributed by atoms with Crippen molar-refractivity contribution in [1.29, 1.82) is 0 Å². The first-order chi connectivity index (χ1) is 13.9. The Hall–Kier alpha value is -3.01. The minimum absolute atomic E-state index is 0.0469. The first-order valence-corrected chi connectivity index (χ1v) is 10.0. The quantitative estimate of drug-likeness (QED) is 0.782. The minimum Gasteiger partial charge on any atom is -0.367 e. The highest BCUT2D eigenvalue weighted by molar-refractivity contribution is 6.10. The molecule has 0 bridgehead atoms. The molecule has 2 aliphatic rings. The van der Waals surface area contributed by atoms with Crippen molar-refractivity contribution in [3.8, 4) is 11.8 Å². The van der Waals surface area contributed by atoms with E-state index in [0.717, 1.165) is 48.7 Å². The Kier molecular flexibility index (Phi) is 4.95. The van der Waals surface area contributed by atoms with Crippen LogP contribution in [0.25, 0.3) is 10.9 Å². The Labute approximate surface area is 169 Å². The highest BCUT2D eigenvalue weighted by atomic mass is 19.1. The Morgan fingerprint density at radius 2 is 2.14 bits per heavy atom. The van der Waals surface area contributed by atoms with Gasteiger partial charge in [-0.25, -0.2) is 4.39 Å². The second-order valence-corrected chi connectivity index (χ2v) is 7.84. The number of anilines is 1. The van der Waals surface area contributed by atoms with E-state index in [2.05, 4.69) is 16.8 Å².